The molecule has 0 amide bonds. The van der Waals surface area contributed by atoms with Gasteiger partial charge in [-0.1, -0.05) is 0 Å². The molecular weight excluding hydrogens is 128 g/mol. The quantitative estimate of drug-likeness (QED) is 0.485. The number of aliphatic hydroxyl groups is 1. The van der Waals surface area contributed by atoms with Crippen molar-refractivity contribution in [2.45, 2.75) is 25.5 Å². The zero-order valence-corrected chi connectivity index (χ0v) is 5.96. The van der Waals surface area contributed by atoms with E-state index in [1.165, 1.54) is 0 Å². The van der Waals surface area contributed by atoms with Gasteiger partial charge in [0.05, 0.1) is 6.54 Å². The van der Waals surface area contributed by atoms with Crippen molar-refractivity contribution in [1.29, 1.82) is 0 Å². The van der Waals surface area contributed by atoms with Crippen molar-refractivity contribution in [3.05, 3.63) is 18.2 Å². The van der Waals surface area contributed by atoms with Gasteiger partial charge in [-0.05, 0) is 6.92 Å². The number of nitrogens with zero attached hydrogens (tertiary/aromatic N) is 1. The maximum absolute atomic E-state index is 9.69. The van der Waals surface area contributed by atoms with Crippen LogP contribution < -0.4 is 4.57 Å². The minimum Gasteiger partial charge on any atom is -0.381 e. The predicted molar refractivity (Wildman–Crippen MR) is 35.2 cm³/mol. The summed E-state index contributed by atoms with van der Waals surface area (Å²) in [5.41, 5.74) is 0.382. The van der Waals surface area contributed by atoms with E-state index >= 15 is 0 Å². The predicted octanol–water partition coefficient (Wildman–Crippen LogP) is -0.0866. The number of aromatic amines is 1. The van der Waals surface area contributed by atoms with Crippen LogP contribution in [-0.2, 0) is 12.1 Å². The van der Waals surface area contributed by atoms with Crippen molar-refractivity contribution in [1.82, 2.24) is 4.98 Å². The fourth-order valence-electron chi connectivity index (χ4n) is 1.47. The molecule has 10 heavy (non-hydrogen) atoms. The summed E-state index contributed by atoms with van der Waals surface area (Å²) in [5, 5.41) is 9.69. The van der Waals surface area contributed by atoms with Gasteiger partial charge in [-0.2, -0.15) is 0 Å². The SMILES string of the molecule is CC1(O)CC[n+]2c[nH]cc21. The van der Waals surface area contributed by atoms with E-state index in [1.807, 2.05) is 24.0 Å². The normalized spacial score (nSPS) is 30.6. The van der Waals surface area contributed by atoms with Crippen LogP contribution in [0.2, 0.25) is 0 Å². The first-order valence-electron chi connectivity index (χ1n) is 3.49. The highest BCUT2D eigenvalue weighted by atomic mass is 16.3. The number of imidazole rings is 1. The molecule has 0 aliphatic carbocycles. The molecule has 0 fully saturated rings. The summed E-state index contributed by atoms with van der Waals surface area (Å²) >= 11 is 0. The van der Waals surface area contributed by atoms with Gasteiger partial charge in [0, 0.05) is 6.42 Å². The van der Waals surface area contributed by atoms with Crippen molar-refractivity contribution in [2.75, 3.05) is 0 Å². The smallest absolute Gasteiger partial charge is 0.241 e. The van der Waals surface area contributed by atoms with E-state index in [1.54, 1.807) is 0 Å². The van der Waals surface area contributed by atoms with E-state index in [0.717, 1.165) is 18.7 Å². The van der Waals surface area contributed by atoms with Crippen molar-refractivity contribution < 1.29 is 9.67 Å². The molecule has 1 aromatic rings. The van der Waals surface area contributed by atoms with Crippen molar-refractivity contribution in [2.24, 2.45) is 0 Å². The van der Waals surface area contributed by atoms with E-state index in [9.17, 15) is 5.11 Å². The summed E-state index contributed by atoms with van der Waals surface area (Å²) in [6.07, 6.45) is 4.57. The van der Waals surface area contributed by atoms with Crippen LogP contribution in [-0.4, -0.2) is 10.1 Å². The van der Waals surface area contributed by atoms with E-state index in [0.29, 0.717) is 0 Å². The first kappa shape index (κ1) is 5.92. The fourth-order valence-corrected chi connectivity index (χ4v) is 1.47. The molecule has 54 valence electrons. The first-order valence-corrected chi connectivity index (χ1v) is 3.49. The summed E-state index contributed by atoms with van der Waals surface area (Å²) in [6.45, 7) is 2.77. The lowest BCUT2D eigenvalue weighted by molar-refractivity contribution is -0.690. The Morgan fingerprint density at radius 1 is 1.80 bits per heavy atom. The van der Waals surface area contributed by atoms with Crippen LogP contribution in [0.25, 0.3) is 0 Å². The summed E-state index contributed by atoms with van der Waals surface area (Å²) in [5.74, 6) is 0. The lowest BCUT2D eigenvalue weighted by atomic mass is 10.0. The molecule has 0 bridgehead atoms. The summed E-state index contributed by atoms with van der Waals surface area (Å²) in [4.78, 5) is 2.96. The average Bonchev–Trinajstić information content (AvgIpc) is 2.36. The number of aryl methyl sites for hydroxylation is 1. The standard InChI is InChI=1S/C7H10N2O/c1-7(10)2-3-9-5-8-4-6(7)9/h4-5,10H,2-3H2,1H3/p+1. The Bertz CT molecular complexity index is 252. The maximum atomic E-state index is 9.69. The van der Waals surface area contributed by atoms with Crippen LogP contribution in [0.5, 0.6) is 0 Å². The average molecular weight is 139 g/mol. The molecule has 1 aliphatic rings. The third-order valence-corrected chi connectivity index (χ3v) is 2.15. The van der Waals surface area contributed by atoms with Gasteiger partial charge in [0.15, 0.2) is 5.69 Å². The third-order valence-electron chi connectivity index (χ3n) is 2.15. The summed E-state index contributed by atoms with van der Waals surface area (Å²) in [7, 11) is 0. The van der Waals surface area contributed by atoms with Crippen LogP contribution in [0.15, 0.2) is 12.5 Å². The highest BCUT2D eigenvalue weighted by Gasteiger charge is 2.37. The molecule has 0 aromatic carbocycles. The Morgan fingerprint density at radius 3 is 3.30 bits per heavy atom. The van der Waals surface area contributed by atoms with Gasteiger partial charge in [-0.3, -0.25) is 0 Å². The first-order chi connectivity index (χ1) is 4.70. The lowest BCUT2D eigenvalue weighted by Crippen LogP contribution is -2.31. The van der Waals surface area contributed by atoms with Crippen molar-refractivity contribution >= 4 is 0 Å². The number of rotatable bonds is 0. The van der Waals surface area contributed by atoms with Gasteiger partial charge in [0.2, 0.25) is 6.33 Å². The molecule has 2 N–H and O–H groups in total. The Hall–Kier alpha value is -0.830. The van der Waals surface area contributed by atoms with Gasteiger partial charge in [-0.15, -0.1) is 0 Å². The van der Waals surface area contributed by atoms with Gasteiger partial charge >= 0.3 is 0 Å². The second-order valence-corrected chi connectivity index (χ2v) is 3.04. The zero-order valence-electron chi connectivity index (χ0n) is 5.96. The minimum absolute atomic E-state index is 0.611. The maximum Gasteiger partial charge on any atom is 0.241 e. The second kappa shape index (κ2) is 1.61. The summed E-state index contributed by atoms with van der Waals surface area (Å²) in [6, 6.07) is 0. The Labute approximate surface area is 59.3 Å². The second-order valence-electron chi connectivity index (χ2n) is 3.04. The Morgan fingerprint density at radius 2 is 2.60 bits per heavy atom. The van der Waals surface area contributed by atoms with Crippen molar-refractivity contribution in [3.8, 4) is 0 Å². The minimum atomic E-state index is -0.611. The molecule has 2 heterocycles. The van der Waals surface area contributed by atoms with Crippen LogP contribution in [0, 0.1) is 0 Å². The van der Waals surface area contributed by atoms with Gasteiger partial charge in [0.1, 0.15) is 11.8 Å². The van der Waals surface area contributed by atoms with Crippen LogP contribution in [0.4, 0.5) is 0 Å². The lowest BCUT2D eigenvalue weighted by Gasteiger charge is -2.09. The molecule has 0 saturated carbocycles. The number of hydrogen-bond acceptors (Lipinski definition) is 1. The number of hydrogen-bond donors (Lipinski definition) is 2. The molecule has 0 spiro atoms. The molecule has 1 atom stereocenters. The van der Waals surface area contributed by atoms with E-state index in [-0.39, 0.29) is 0 Å². The fraction of sp³-hybridized carbons (Fsp3) is 0.571. The summed E-state index contributed by atoms with van der Waals surface area (Å²) < 4.78 is 2.04. The van der Waals surface area contributed by atoms with Gasteiger partial charge in [0.25, 0.3) is 0 Å². The largest absolute Gasteiger partial charge is 0.381 e. The molecule has 2 rings (SSSR count). The van der Waals surface area contributed by atoms with Crippen LogP contribution >= 0.6 is 0 Å². The third kappa shape index (κ3) is 0.609. The van der Waals surface area contributed by atoms with Gasteiger partial charge < -0.3 is 5.11 Å². The number of aromatic nitrogens is 2. The molecule has 3 heteroatoms. The van der Waals surface area contributed by atoms with E-state index in [4.69, 9.17) is 0 Å². The Kier molecular flexibility index (Phi) is 0.951. The van der Waals surface area contributed by atoms with Crippen LogP contribution in [0.1, 0.15) is 19.0 Å². The molecule has 1 aromatic heterocycles. The number of fused-ring (bicyclic) bond motifs is 1. The van der Waals surface area contributed by atoms with Crippen molar-refractivity contribution in [3.63, 3.8) is 0 Å². The highest BCUT2D eigenvalue weighted by Crippen LogP contribution is 2.25. The topological polar surface area (TPSA) is 39.9 Å². The van der Waals surface area contributed by atoms with E-state index in [2.05, 4.69) is 4.98 Å². The monoisotopic (exact) mass is 139 g/mol. The van der Waals surface area contributed by atoms with Gasteiger partial charge in [-0.25, -0.2) is 9.55 Å². The molecule has 0 radical (unpaired) electrons. The molecule has 1 unspecified atom stereocenters. The molecule has 1 aliphatic heterocycles. The zero-order chi connectivity index (χ0) is 7.19. The molecular formula is C7H11N2O+. The number of H-pyrrole nitrogens is 1. The van der Waals surface area contributed by atoms with E-state index < -0.39 is 5.60 Å². The van der Waals surface area contributed by atoms with Crippen LogP contribution in [0.3, 0.4) is 0 Å². The highest BCUT2D eigenvalue weighted by molar-refractivity contribution is 5.02. The molecule has 0 saturated heterocycles. The number of nitrogens with one attached hydrogen (secondary N) is 1. The Balaban J connectivity index is 2.54. The molecule has 3 nitrogen and oxygen atoms in total.